The number of fused-ring (bicyclic) bond motifs is 10. The Labute approximate surface area is 336 Å². The quantitative estimate of drug-likeness (QED) is 0.161. The molecule has 58 heavy (non-hydrogen) atoms. The van der Waals surface area contributed by atoms with E-state index in [0.29, 0.717) is 0 Å². The standard InChI is InChI=1S/C56H36N2/c1-4-16-40(17-5-1)56(41-18-6-2-7-19-41)49-25-13-10-22-43(49)44-33-32-39(36-50(44)56)37-28-30-38(31-29-37)54-53-47(45-23-11-14-26-51(45)57-54)34-35-48-46-24-12-15-27-52(46)58(55(48)53)42-20-8-3-9-21-42/h1-36H. The molecule has 2 heteroatoms. The number of hydrogen-bond acceptors (Lipinski definition) is 1. The SMILES string of the molecule is c1ccc(-n2c3ccccc3c3ccc4c5ccccc5nc(-c5ccc(-c6ccc7c(c6)C(c6ccccc6)(c6ccccc6)c6ccccc6-7)cc5)c4c32)cc1. The largest absolute Gasteiger partial charge is 0.309 e. The van der Waals surface area contributed by atoms with Gasteiger partial charge >= 0.3 is 0 Å². The van der Waals surface area contributed by atoms with Gasteiger partial charge in [0.2, 0.25) is 0 Å². The second-order valence-electron chi connectivity index (χ2n) is 15.4. The van der Waals surface area contributed by atoms with E-state index >= 15 is 0 Å². The summed E-state index contributed by atoms with van der Waals surface area (Å²) in [6.45, 7) is 0. The second kappa shape index (κ2) is 12.7. The number of para-hydroxylation sites is 3. The van der Waals surface area contributed by atoms with Crippen LogP contribution in [-0.2, 0) is 5.41 Å². The van der Waals surface area contributed by atoms with E-state index in [1.165, 1.54) is 71.7 Å². The zero-order chi connectivity index (χ0) is 38.2. The summed E-state index contributed by atoms with van der Waals surface area (Å²) in [4.78, 5) is 5.47. The summed E-state index contributed by atoms with van der Waals surface area (Å²) in [5, 5.41) is 5.98. The Bertz CT molecular complexity index is 3320. The Morgan fingerprint density at radius 1 is 0.379 bits per heavy atom. The van der Waals surface area contributed by atoms with Gasteiger partial charge in [-0.1, -0.05) is 188 Å². The molecule has 0 spiro atoms. The van der Waals surface area contributed by atoms with Gasteiger partial charge in [0, 0.05) is 32.8 Å². The van der Waals surface area contributed by atoms with Gasteiger partial charge in [-0.15, -0.1) is 0 Å². The highest BCUT2D eigenvalue weighted by atomic mass is 15.0. The molecular formula is C56H36N2. The number of pyridine rings is 1. The van der Waals surface area contributed by atoms with Crippen LogP contribution in [0.25, 0.3) is 82.7 Å². The van der Waals surface area contributed by atoms with E-state index in [2.05, 4.69) is 223 Å². The smallest absolute Gasteiger partial charge is 0.0809 e. The molecule has 0 saturated carbocycles. The topological polar surface area (TPSA) is 17.8 Å². The van der Waals surface area contributed by atoms with E-state index in [0.717, 1.165) is 33.2 Å². The Morgan fingerprint density at radius 3 is 1.71 bits per heavy atom. The van der Waals surface area contributed by atoms with Crippen LogP contribution < -0.4 is 0 Å². The number of aromatic nitrogens is 2. The summed E-state index contributed by atoms with van der Waals surface area (Å²) < 4.78 is 2.43. The highest BCUT2D eigenvalue weighted by Gasteiger charge is 2.46. The van der Waals surface area contributed by atoms with Crippen molar-refractivity contribution in [2.24, 2.45) is 0 Å². The van der Waals surface area contributed by atoms with Gasteiger partial charge in [0.1, 0.15) is 0 Å². The van der Waals surface area contributed by atoms with Gasteiger partial charge in [-0.2, -0.15) is 0 Å². The zero-order valence-corrected chi connectivity index (χ0v) is 31.7. The molecular weight excluding hydrogens is 701 g/mol. The summed E-state index contributed by atoms with van der Waals surface area (Å²) in [5.74, 6) is 0. The summed E-state index contributed by atoms with van der Waals surface area (Å²) in [5.41, 5.74) is 16.2. The molecule has 9 aromatic carbocycles. The van der Waals surface area contributed by atoms with Gasteiger partial charge in [0.25, 0.3) is 0 Å². The number of rotatable bonds is 5. The van der Waals surface area contributed by atoms with Crippen LogP contribution in [-0.4, -0.2) is 9.55 Å². The van der Waals surface area contributed by atoms with Crippen LogP contribution in [0, 0.1) is 0 Å². The third-order valence-electron chi connectivity index (χ3n) is 12.5. The van der Waals surface area contributed by atoms with Crippen molar-refractivity contribution >= 4 is 43.5 Å². The lowest BCUT2D eigenvalue weighted by Gasteiger charge is -2.34. The van der Waals surface area contributed by atoms with Gasteiger partial charge < -0.3 is 4.57 Å². The maximum atomic E-state index is 5.47. The van der Waals surface area contributed by atoms with Crippen LogP contribution in [0.4, 0.5) is 0 Å². The van der Waals surface area contributed by atoms with E-state index in [-0.39, 0.29) is 0 Å². The number of nitrogens with zero attached hydrogens (tertiary/aromatic N) is 2. The molecule has 1 aliphatic rings. The molecule has 12 rings (SSSR count). The van der Waals surface area contributed by atoms with Crippen molar-refractivity contribution in [2.45, 2.75) is 5.41 Å². The molecule has 2 heterocycles. The second-order valence-corrected chi connectivity index (χ2v) is 15.4. The predicted octanol–water partition coefficient (Wildman–Crippen LogP) is 14.2. The summed E-state index contributed by atoms with van der Waals surface area (Å²) in [7, 11) is 0. The Kier molecular flexibility index (Phi) is 7.18. The van der Waals surface area contributed by atoms with E-state index in [1.54, 1.807) is 0 Å². The molecule has 0 bridgehead atoms. The molecule has 2 aromatic heterocycles. The number of hydrogen-bond donors (Lipinski definition) is 0. The van der Waals surface area contributed by atoms with Crippen LogP contribution in [0.15, 0.2) is 218 Å². The Balaban J connectivity index is 1.08. The van der Waals surface area contributed by atoms with Gasteiger partial charge in [0.15, 0.2) is 0 Å². The minimum atomic E-state index is -0.444. The average Bonchev–Trinajstić information content (AvgIpc) is 3.80. The third-order valence-corrected chi connectivity index (χ3v) is 12.5. The van der Waals surface area contributed by atoms with E-state index in [4.69, 9.17) is 4.98 Å². The first-order valence-corrected chi connectivity index (χ1v) is 20.1. The summed E-state index contributed by atoms with van der Waals surface area (Å²) in [6, 6.07) is 79.8. The minimum Gasteiger partial charge on any atom is -0.309 e. The molecule has 0 atom stereocenters. The van der Waals surface area contributed by atoms with Gasteiger partial charge in [0.05, 0.1) is 27.7 Å². The molecule has 270 valence electrons. The van der Waals surface area contributed by atoms with Crippen LogP contribution >= 0.6 is 0 Å². The monoisotopic (exact) mass is 736 g/mol. The van der Waals surface area contributed by atoms with Crippen molar-refractivity contribution in [1.82, 2.24) is 9.55 Å². The fourth-order valence-electron chi connectivity index (χ4n) is 10.00. The van der Waals surface area contributed by atoms with Gasteiger partial charge in [-0.3, -0.25) is 0 Å². The van der Waals surface area contributed by atoms with Crippen molar-refractivity contribution < 1.29 is 0 Å². The van der Waals surface area contributed by atoms with Crippen LogP contribution in [0.5, 0.6) is 0 Å². The van der Waals surface area contributed by atoms with Crippen molar-refractivity contribution in [3.05, 3.63) is 241 Å². The third kappa shape index (κ3) is 4.63. The maximum Gasteiger partial charge on any atom is 0.0809 e. The van der Waals surface area contributed by atoms with Gasteiger partial charge in [-0.25, -0.2) is 4.98 Å². The lowest BCUT2D eigenvalue weighted by atomic mass is 9.67. The van der Waals surface area contributed by atoms with Crippen LogP contribution in [0.3, 0.4) is 0 Å². The highest BCUT2D eigenvalue weighted by molar-refractivity contribution is 6.25. The average molecular weight is 737 g/mol. The van der Waals surface area contributed by atoms with Crippen LogP contribution in [0.2, 0.25) is 0 Å². The first kappa shape index (κ1) is 32.7. The molecule has 0 N–H and O–H groups in total. The van der Waals surface area contributed by atoms with Crippen LogP contribution in [0.1, 0.15) is 22.3 Å². The van der Waals surface area contributed by atoms with E-state index in [9.17, 15) is 0 Å². The van der Waals surface area contributed by atoms with Crippen molar-refractivity contribution in [2.75, 3.05) is 0 Å². The number of benzene rings is 9. The molecule has 0 radical (unpaired) electrons. The molecule has 0 saturated heterocycles. The molecule has 0 aliphatic heterocycles. The lowest BCUT2D eigenvalue weighted by Crippen LogP contribution is -2.28. The first-order valence-electron chi connectivity index (χ1n) is 20.1. The molecule has 1 aliphatic carbocycles. The summed E-state index contributed by atoms with van der Waals surface area (Å²) >= 11 is 0. The highest BCUT2D eigenvalue weighted by Crippen LogP contribution is 2.56. The van der Waals surface area contributed by atoms with E-state index < -0.39 is 5.41 Å². The predicted molar refractivity (Wildman–Crippen MR) is 242 cm³/mol. The molecule has 0 amide bonds. The molecule has 11 aromatic rings. The minimum absolute atomic E-state index is 0.444. The Morgan fingerprint density at radius 2 is 0.948 bits per heavy atom. The Hall–Kier alpha value is -7.55. The summed E-state index contributed by atoms with van der Waals surface area (Å²) in [6.07, 6.45) is 0. The van der Waals surface area contributed by atoms with E-state index in [1.807, 2.05) is 0 Å². The van der Waals surface area contributed by atoms with Crippen molar-refractivity contribution in [3.8, 4) is 39.2 Å². The fourth-order valence-corrected chi connectivity index (χ4v) is 10.00. The maximum absolute atomic E-state index is 5.47. The van der Waals surface area contributed by atoms with Gasteiger partial charge in [-0.05, 0) is 80.2 Å². The molecule has 2 nitrogen and oxygen atoms in total. The zero-order valence-electron chi connectivity index (χ0n) is 31.7. The van der Waals surface area contributed by atoms with Crippen molar-refractivity contribution in [3.63, 3.8) is 0 Å². The normalized spacial score (nSPS) is 13.0. The molecule has 0 fully saturated rings. The fraction of sp³-hybridized carbons (Fsp3) is 0.0179. The molecule has 0 unspecified atom stereocenters. The lowest BCUT2D eigenvalue weighted by molar-refractivity contribution is 0.769. The van der Waals surface area contributed by atoms with Crippen molar-refractivity contribution in [1.29, 1.82) is 0 Å². The first-order chi connectivity index (χ1) is 28.8.